The smallest absolute Gasteiger partial charge is 0.323 e. The lowest BCUT2D eigenvalue weighted by atomic mass is 10.1. The molecule has 1 aromatic heterocycles. The fraction of sp³-hybridized carbons (Fsp3) is 0.312. The fourth-order valence-electron chi connectivity index (χ4n) is 2.79. The van der Waals surface area contributed by atoms with Crippen molar-refractivity contribution in [1.29, 1.82) is 0 Å². The van der Waals surface area contributed by atoms with Crippen LogP contribution >= 0.6 is 11.8 Å². The molecule has 1 aliphatic heterocycles. The number of carbonyl (C=O) groups excluding carboxylic acids is 2. The molecule has 1 saturated heterocycles. The van der Waals surface area contributed by atoms with Gasteiger partial charge < -0.3 is 19.9 Å². The van der Waals surface area contributed by atoms with Gasteiger partial charge in [0.1, 0.15) is 12.6 Å². The van der Waals surface area contributed by atoms with Crippen molar-refractivity contribution in [2.75, 3.05) is 25.2 Å². The maximum atomic E-state index is 12.9. The minimum Gasteiger partial charge on any atom is -0.480 e. The molecule has 2 N–H and O–H groups in total. The number of benzene rings is 1. The first-order valence-corrected chi connectivity index (χ1v) is 8.56. The second-order valence-corrected chi connectivity index (χ2v) is 6.63. The summed E-state index contributed by atoms with van der Waals surface area (Å²) in [6.45, 7) is -0.380. The molecule has 3 rings (SSSR count). The van der Waals surface area contributed by atoms with Gasteiger partial charge in [-0.2, -0.15) is 0 Å². The second kappa shape index (κ2) is 6.56. The number of para-hydroxylation sites is 1. The average Bonchev–Trinajstić information content (AvgIpc) is 3.19. The van der Waals surface area contributed by atoms with Gasteiger partial charge >= 0.3 is 5.97 Å². The molecule has 1 aromatic carbocycles. The molecular formula is C16H17N3O4S. The Morgan fingerprint density at radius 2 is 2.12 bits per heavy atom. The third-order valence-corrected chi connectivity index (χ3v) is 5.01. The first kappa shape index (κ1) is 16.4. The predicted octanol–water partition coefficient (Wildman–Crippen LogP) is 1.23. The van der Waals surface area contributed by atoms with E-state index in [9.17, 15) is 14.4 Å². The van der Waals surface area contributed by atoms with Crippen LogP contribution in [0.1, 0.15) is 10.4 Å². The van der Waals surface area contributed by atoms with Crippen LogP contribution in [0.3, 0.4) is 0 Å². The number of fused-ring (bicyclic) bond motifs is 1. The molecule has 126 valence electrons. The van der Waals surface area contributed by atoms with Crippen LogP contribution in [0.15, 0.2) is 30.5 Å². The molecule has 24 heavy (non-hydrogen) atoms. The van der Waals surface area contributed by atoms with Gasteiger partial charge in [-0.3, -0.25) is 14.4 Å². The highest BCUT2D eigenvalue weighted by Gasteiger charge is 2.37. The zero-order chi connectivity index (χ0) is 17.3. The average molecular weight is 347 g/mol. The molecule has 1 fully saturated rings. The number of hydrogen-bond donors (Lipinski definition) is 2. The highest BCUT2D eigenvalue weighted by atomic mass is 32.2. The lowest BCUT2D eigenvalue weighted by Crippen LogP contribution is -2.48. The van der Waals surface area contributed by atoms with Crippen LogP contribution in [0.2, 0.25) is 0 Å². The van der Waals surface area contributed by atoms with E-state index >= 15 is 0 Å². The number of hydrogen-bond acceptors (Lipinski definition) is 4. The Hall–Kier alpha value is -2.48. The molecule has 0 aliphatic carbocycles. The molecule has 0 radical (unpaired) electrons. The highest BCUT2D eigenvalue weighted by Crippen LogP contribution is 2.27. The van der Waals surface area contributed by atoms with E-state index in [-0.39, 0.29) is 18.4 Å². The van der Waals surface area contributed by atoms with Crippen molar-refractivity contribution in [3.8, 4) is 0 Å². The van der Waals surface area contributed by atoms with Crippen molar-refractivity contribution < 1.29 is 19.5 Å². The molecule has 0 saturated carbocycles. The number of aromatic amines is 1. The molecular weight excluding hydrogens is 330 g/mol. The van der Waals surface area contributed by atoms with E-state index in [1.165, 1.54) is 23.7 Å². The number of carboxylic acid groups (broad SMARTS) is 1. The van der Waals surface area contributed by atoms with Gasteiger partial charge in [-0.25, -0.2) is 0 Å². The predicted molar refractivity (Wildman–Crippen MR) is 90.9 cm³/mol. The summed E-state index contributed by atoms with van der Waals surface area (Å²) in [7, 11) is 1.44. The maximum Gasteiger partial charge on any atom is 0.323 e. The van der Waals surface area contributed by atoms with Crippen molar-refractivity contribution >= 4 is 40.4 Å². The zero-order valence-corrected chi connectivity index (χ0v) is 13.9. The van der Waals surface area contributed by atoms with Gasteiger partial charge in [0.05, 0.1) is 11.4 Å². The van der Waals surface area contributed by atoms with Gasteiger partial charge in [0.15, 0.2) is 0 Å². The Balaban J connectivity index is 1.83. The van der Waals surface area contributed by atoms with Crippen LogP contribution in [0.25, 0.3) is 10.9 Å². The van der Waals surface area contributed by atoms with E-state index in [1.54, 1.807) is 6.20 Å². The number of nitrogens with zero attached hydrogens (tertiary/aromatic N) is 2. The summed E-state index contributed by atoms with van der Waals surface area (Å²) < 4.78 is 0. The van der Waals surface area contributed by atoms with E-state index < -0.39 is 12.0 Å². The summed E-state index contributed by atoms with van der Waals surface area (Å²) in [5, 5.41) is 9.65. The van der Waals surface area contributed by atoms with E-state index in [4.69, 9.17) is 5.11 Å². The molecule has 8 heteroatoms. The summed E-state index contributed by atoms with van der Waals surface area (Å²) >= 11 is 1.49. The van der Waals surface area contributed by atoms with Gasteiger partial charge in [-0.1, -0.05) is 18.2 Å². The number of rotatable bonds is 4. The molecule has 7 nitrogen and oxygen atoms in total. The minimum absolute atomic E-state index is 0.223. The monoisotopic (exact) mass is 347 g/mol. The number of aromatic nitrogens is 1. The summed E-state index contributed by atoms with van der Waals surface area (Å²) in [6.07, 6.45) is 1.65. The molecule has 0 spiro atoms. The Morgan fingerprint density at radius 3 is 2.88 bits per heavy atom. The summed E-state index contributed by atoms with van der Waals surface area (Å²) in [5.74, 6) is -0.770. The van der Waals surface area contributed by atoms with Gasteiger partial charge in [0, 0.05) is 29.9 Å². The van der Waals surface area contributed by atoms with E-state index in [2.05, 4.69) is 4.98 Å². The third-order valence-electron chi connectivity index (χ3n) is 4.00. The SMILES string of the molecule is CN(CC(=O)O)C(=O)C1CSCN1C(=O)c1c[nH]c2ccccc12. The molecule has 0 bridgehead atoms. The van der Waals surface area contributed by atoms with Gasteiger partial charge in [0.2, 0.25) is 5.91 Å². The Kier molecular flexibility index (Phi) is 4.48. The Labute approximate surface area is 142 Å². The zero-order valence-electron chi connectivity index (χ0n) is 13.1. The first-order chi connectivity index (χ1) is 11.5. The first-order valence-electron chi connectivity index (χ1n) is 7.40. The normalized spacial score (nSPS) is 17.2. The molecule has 2 amide bonds. The topological polar surface area (TPSA) is 93.7 Å². The number of carbonyl (C=O) groups is 3. The quantitative estimate of drug-likeness (QED) is 0.867. The van der Waals surface area contributed by atoms with Crippen LogP contribution in [0.5, 0.6) is 0 Å². The van der Waals surface area contributed by atoms with Crippen LogP contribution in [-0.2, 0) is 9.59 Å². The van der Waals surface area contributed by atoms with Crippen molar-refractivity contribution in [1.82, 2.24) is 14.8 Å². The number of nitrogens with one attached hydrogen (secondary N) is 1. The Morgan fingerprint density at radius 1 is 1.38 bits per heavy atom. The fourth-order valence-corrected chi connectivity index (χ4v) is 3.93. The number of thioether (sulfide) groups is 1. The molecule has 2 heterocycles. The lowest BCUT2D eigenvalue weighted by Gasteiger charge is -2.26. The van der Waals surface area contributed by atoms with Crippen molar-refractivity contribution in [2.45, 2.75) is 6.04 Å². The van der Waals surface area contributed by atoms with Gasteiger partial charge in [-0.05, 0) is 6.07 Å². The van der Waals surface area contributed by atoms with Crippen LogP contribution in [0.4, 0.5) is 0 Å². The van der Waals surface area contributed by atoms with E-state index in [0.29, 0.717) is 17.2 Å². The second-order valence-electron chi connectivity index (χ2n) is 5.63. The van der Waals surface area contributed by atoms with Crippen LogP contribution in [0, 0.1) is 0 Å². The molecule has 1 atom stereocenters. The van der Waals surface area contributed by atoms with Crippen LogP contribution in [-0.4, -0.2) is 68.9 Å². The van der Waals surface area contributed by atoms with Crippen molar-refractivity contribution in [3.63, 3.8) is 0 Å². The number of carboxylic acids is 1. The maximum absolute atomic E-state index is 12.9. The number of aliphatic carboxylic acids is 1. The van der Waals surface area contributed by atoms with Gasteiger partial charge in [-0.15, -0.1) is 11.8 Å². The summed E-state index contributed by atoms with van der Waals surface area (Å²) in [4.78, 5) is 41.9. The summed E-state index contributed by atoms with van der Waals surface area (Å²) in [5.41, 5.74) is 1.38. The number of H-pyrrole nitrogens is 1. The summed E-state index contributed by atoms with van der Waals surface area (Å²) in [6, 6.07) is 6.84. The standard InChI is InChI=1S/C16H17N3O4S/c1-18(7-14(20)21)16(23)13-8-24-9-19(13)15(22)11-6-17-12-5-3-2-4-10(11)12/h2-6,13,17H,7-9H2,1H3,(H,20,21). The molecule has 2 aromatic rings. The van der Waals surface area contributed by atoms with E-state index in [0.717, 1.165) is 15.8 Å². The Bertz CT molecular complexity index is 803. The third kappa shape index (κ3) is 2.96. The minimum atomic E-state index is -1.08. The largest absolute Gasteiger partial charge is 0.480 e. The van der Waals surface area contributed by atoms with Crippen molar-refractivity contribution in [2.24, 2.45) is 0 Å². The van der Waals surface area contributed by atoms with Crippen LogP contribution < -0.4 is 0 Å². The molecule has 1 aliphatic rings. The molecule has 1 unspecified atom stereocenters. The lowest BCUT2D eigenvalue weighted by molar-refractivity contribution is -0.144. The number of likely N-dealkylation sites (N-methyl/N-ethyl adjacent to an activating group) is 1. The van der Waals surface area contributed by atoms with E-state index in [1.807, 2.05) is 24.3 Å². The van der Waals surface area contributed by atoms with Crippen molar-refractivity contribution in [3.05, 3.63) is 36.0 Å². The highest BCUT2D eigenvalue weighted by molar-refractivity contribution is 7.99. The van der Waals surface area contributed by atoms with Gasteiger partial charge in [0.25, 0.3) is 5.91 Å². The number of amides is 2.